The molecule has 0 unspecified atom stereocenters. The predicted molar refractivity (Wildman–Crippen MR) is 53.5 cm³/mol. The van der Waals surface area contributed by atoms with Crippen LogP contribution in [0.2, 0.25) is 0 Å². The summed E-state index contributed by atoms with van der Waals surface area (Å²) in [6.45, 7) is 1.13. The van der Waals surface area contributed by atoms with Crippen LogP contribution in [0.15, 0.2) is 0 Å². The summed E-state index contributed by atoms with van der Waals surface area (Å²) in [6, 6.07) is 0.349. The third-order valence-electron chi connectivity index (χ3n) is 2.15. The van der Waals surface area contributed by atoms with Gasteiger partial charge in [0, 0.05) is 12.6 Å². The van der Waals surface area contributed by atoms with Gasteiger partial charge in [-0.3, -0.25) is 10.1 Å². The Morgan fingerprint density at radius 2 is 2.36 bits per heavy atom. The van der Waals surface area contributed by atoms with Crippen LogP contribution in [0.4, 0.5) is 0 Å². The van der Waals surface area contributed by atoms with Crippen LogP contribution in [0.25, 0.3) is 0 Å². The van der Waals surface area contributed by atoms with Gasteiger partial charge in [0.1, 0.15) is 0 Å². The van der Waals surface area contributed by atoms with E-state index in [4.69, 9.17) is 11.5 Å². The molecule has 0 heterocycles. The van der Waals surface area contributed by atoms with Gasteiger partial charge in [0.05, 0.1) is 19.7 Å². The fourth-order valence-electron chi connectivity index (χ4n) is 1.35. The lowest BCUT2D eigenvalue weighted by Gasteiger charge is -2.21. The van der Waals surface area contributed by atoms with Crippen LogP contribution in [0.1, 0.15) is 12.8 Å². The quantitative estimate of drug-likeness (QED) is 0.431. The van der Waals surface area contributed by atoms with E-state index in [1.54, 1.807) is 4.90 Å². The van der Waals surface area contributed by atoms with Crippen molar-refractivity contribution in [2.45, 2.75) is 18.9 Å². The molecule has 1 aliphatic carbocycles. The van der Waals surface area contributed by atoms with Crippen LogP contribution in [0.5, 0.6) is 0 Å². The molecular weight excluding hydrogens is 180 g/mol. The summed E-state index contributed by atoms with van der Waals surface area (Å²) in [5, 5.41) is 11.6. The van der Waals surface area contributed by atoms with Crippen LogP contribution in [0, 0.1) is 12.3 Å². The molecule has 0 aromatic carbocycles. The van der Waals surface area contributed by atoms with E-state index < -0.39 is 0 Å². The maximum Gasteiger partial charge on any atom is 0.236 e. The number of carbonyl (C=O) groups excluding carboxylic acids is 1. The Morgan fingerprint density at radius 1 is 1.64 bits per heavy atom. The minimum absolute atomic E-state index is 0.0248. The lowest BCUT2D eigenvalue weighted by molar-refractivity contribution is -0.131. The SMILES string of the molecule is C#CCNCC(=O)N(CCO)C1CC1. The van der Waals surface area contributed by atoms with Gasteiger partial charge in [-0.05, 0) is 12.8 Å². The van der Waals surface area contributed by atoms with E-state index in [1.807, 2.05) is 0 Å². The molecule has 1 rings (SSSR count). The van der Waals surface area contributed by atoms with Crippen molar-refractivity contribution in [3.63, 3.8) is 0 Å². The fraction of sp³-hybridized carbons (Fsp3) is 0.700. The Labute approximate surface area is 84.3 Å². The molecule has 1 saturated carbocycles. The molecule has 0 saturated heterocycles. The molecule has 78 valence electrons. The number of amides is 1. The molecule has 4 nitrogen and oxygen atoms in total. The Hall–Kier alpha value is -1.05. The number of aliphatic hydroxyl groups is 1. The summed E-state index contributed by atoms with van der Waals surface area (Å²) in [4.78, 5) is 13.3. The van der Waals surface area contributed by atoms with Gasteiger partial charge in [0.15, 0.2) is 0 Å². The average molecular weight is 196 g/mol. The van der Waals surface area contributed by atoms with E-state index in [9.17, 15) is 4.79 Å². The van der Waals surface area contributed by atoms with E-state index >= 15 is 0 Å². The fourth-order valence-corrected chi connectivity index (χ4v) is 1.35. The molecule has 1 fully saturated rings. The Kier molecular flexibility index (Phi) is 4.44. The van der Waals surface area contributed by atoms with Crippen LogP contribution in [-0.2, 0) is 4.79 Å². The number of hydrogen-bond acceptors (Lipinski definition) is 3. The molecule has 0 aliphatic heterocycles. The van der Waals surface area contributed by atoms with Crippen molar-refractivity contribution in [3.8, 4) is 12.3 Å². The normalized spacial score (nSPS) is 14.9. The van der Waals surface area contributed by atoms with Gasteiger partial charge in [0.25, 0.3) is 0 Å². The zero-order valence-electron chi connectivity index (χ0n) is 8.20. The highest BCUT2D eigenvalue weighted by molar-refractivity contribution is 5.79. The molecule has 2 N–H and O–H groups in total. The van der Waals surface area contributed by atoms with Crippen LogP contribution >= 0.6 is 0 Å². The molecule has 0 bridgehead atoms. The standard InChI is InChI=1S/C10H16N2O2/c1-2-5-11-8-10(14)12(6-7-13)9-3-4-9/h1,9,11,13H,3-8H2. The molecule has 0 aromatic rings. The molecule has 0 atom stereocenters. The van der Waals surface area contributed by atoms with Crippen molar-refractivity contribution in [2.75, 3.05) is 26.2 Å². The van der Waals surface area contributed by atoms with Gasteiger partial charge < -0.3 is 10.0 Å². The van der Waals surface area contributed by atoms with E-state index in [1.165, 1.54) is 0 Å². The van der Waals surface area contributed by atoms with Crippen molar-refractivity contribution in [1.29, 1.82) is 0 Å². The molecule has 1 aliphatic rings. The number of carbonyl (C=O) groups is 1. The molecule has 14 heavy (non-hydrogen) atoms. The van der Waals surface area contributed by atoms with Crippen molar-refractivity contribution in [3.05, 3.63) is 0 Å². The summed E-state index contributed by atoms with van der Waals surface area (Å²) in [6.07, 6.45) is 7.16. The maximum atomic E-state index is 11.6. The summed E-state index contributed by atoms with van der Waals surface area (Å²) >= 11 is 0. The third-order valence-corrected chi connectivity index (χ3v) is 2.15. The Morgan fingerprint density at radius 3 is 2.86 bits per heavy atom. The predicted octanol–water partition coefficient (Wildman–Crippen LogP) is -0.807. The summed E-state index contributed by atoms with van der Waals surface area (Å²) < 4.78 is 0. The molecule has 1 amide bonds. The second kappa shape index (κ2) is 5.63. The second-order valence-electron chi connectivity index (χ2n) is 3.35. The minimum Gasteiger partial charge on any atom is -0.395 e. The first-order valence-electron chi connectivity index (χ1n) is 4.84. The van der Waals surface area contributed by atoms with Gasteiger partial charge in [-0.2, -0.15) is 0 Å². The first-order chi connectivity index (χ1) is 6.79. The Bertz CT molecular complexity index is 231. The number of nitrogens with one attached hydrogen (secondary N) is 1. The van der Waals surface area contributed by atoms with Crippen LogP contribution in [0.3, 0.4) is 0 Å². The third kappa shape index (κ3) is 3.36. The summed E-state index contributed by atoms with van der Waals surface area (Å²) in [5.74, 6) is 2.43. The van der Waals surface area contributed by atoms with E-state index in [-0.39, 0.29) is 19.1 Å². The highest BCUT2D eigenvalue weighted by Gasteiger charge is 2.31. The number of terminal acetylenes is 1. The first-order valence-corrected chi connectivity index (χ1v) is 4.84. The molecule has 0 aromatic heterocycles. The monoisotopic (exact) mass is 196 g/mol. The highest BCUT2D eigenvalue weighted by Crippen LogP contribution is 2.26. The zero-order valence-corrected chi connectivity index (χ0v) is 8.20. The number of hydrogen-bond donors (Lipinski definition) is 2. The number of rotatable bonds is 6. The van der Waals surface area contributed by atoms with Crippen molar-refractivity contribution in [1.82, 2.24) is 10.2 Å². The summed E-state index contributed by atoms with van der Waals surface area (Å²) in [7, 11) is 0. The van der Waals surface area contributed by atoms with Gasteiger partial charge in [-0.15, -0.1) is 6.42 Å². The molecular formula is C10H16N2O2. The van der Waals surface area contributed by atoms with Gasteiger partial charge in [-0.1, -0.05) is 5.92 Å². The largest absolute Gasteiger partial charge is 0.395 e. The lowest BCUT2D eigenvalue weighted by atomic mass is 10.4. The number of nitrogens with zero attached hydrogens (tertiary/aromatic N) is 1. The van der Waals surface area contributed by atoms with E-state index in [2.05, 4.69) is 11.2 Å². The smallest absolute Gasteiger partial charge is 0.236 e. The average Bonchev–Trinajstić information content (AvgIpc) is 2.98. The Balaban J connectivity index is 2.27. The number of aliphatic hydroxyl groups excluding tert-OH is 1. The first kappa shape index (κ1) is 11.0. The van der Waals surface area contributed by atoms with E-state index in [0.29, 0.717) is 19.1 Å². The molecule has 0 radical (unpaired) electrons. The second-order valence-corrected chi connectivity index (χ2v) is 3.35. The summed E-state index contributed by atoms with van der Waals surface area (Å²) in [5.41, 5.74) is 0. The maximum absolute atomic E-state index is 11.6. The van der Waals surface area contributed by atoms with E-state index in [0.717, 1.165) is 12.8 Å². The van der Waals surface area contributed by atoms with Crippen LogP contribution < -0.4 is 5.32 Å². The van der Waals surface area contributed by atoms with Gasteiger partial charge in [-0.25, -0.2) is 0 Å². The van der Waals surface area contributed by atoms with Gasteiger partial charge in [0.2, 0.25) is 5.91 Å². The van der Waals surface area contributed by atoms with Crippen molar-refractivity contribution >= 4 is 5.91 Å². The lowest BCUT2D eigenvalue weighted by Crippen LogP contribution is -2.41. The minimum atomic E-state index is 0.0248. The highest BCUT2D eigenvalue weighted by atomic mass is 16.3. The zero-order chi connectivity index (χ0) is 10.4. The molecule has 4 heteroatoms. The topological polar surface area (TPSA) is 52.6 Å². The van der Waals surface area contributed by atoms with Crippen LogP contribution in [-0.4, -0.2) is 48.2 Å². The van der Waals surface area contributed by atoms with Crippen molar-refractivity contribution < 1.29 is 9.90 Å². The molecule has 0 spiro atoms. The van der Waals surface area contributed by atoms with Crippen molar-refractivity contribution in [2.24, 2.45) is 0 Å². The van der Waals surface area contributed by atoms with Gasteiger partial charge >= 0.3 is 0 Å².